The fraction of sp³-hybridized carbons (Fsp3) is 0.231. The van der Waals surface area contributed by atoms with Gasteiger partial charge in [-0.3, -0.25) is 0 Å². The van der Waals surface area contributed by atoms with Gasteiger partial charge in [-0.15, -0.1) is 0 Å². The highest BCUT2D eigenvalue weighted by Gasteiger charge is 2.12. The minimum Gasteiger partial charge on any atom is -0.387 e. The number of halogens is 2. The van der Waals surface area contributed by atoms with Crippen LogP contribution >= 0.6 is 23.2 Å². The number of aliphatic hydroxyl groups is 1. The van der Waals surface area contributed by atoms with Gasteiger partial charge in [0.1, 0.15) is 0 Å². The van der Waals surface area contributed by atoms with E-state index in [9.17, 15) is 5.11 Å². The molecule has 1 aromatic heterocycles. The van der Waals surface area contributed by atoms with Crippen molar-refractivity contribution in [2.24, 2.45) is 0 Å². The van der Waals surface area contributed by atoms with Crippen molar-refractivity contribution in [3.8, 4) is 0 Å². The van der Waals surface area contributed by atoms with Crippen molar-refractivity contribution >= 4 is 29.2 Å². The molecule has 2 rings (SSSR count). The zero-order valence-corrected chi connectivity index (χ0v) is 11.8. The van der Waals surface area contributed by atoms with Crippen LogP contribution in [-0.4, -0.2) is 21.6 Å². The number of aliphatic hydroxyl groups excluding tert-OH is 1. The first-order valence-corrected chi connectivity index (χ1v) is 6.48. The number of hydrogen-bond donors (Lipinski definition) is 2. The van der Waals surface area contributed by atoms with Gasteiger partial charge in [0.2, 0.25) is 5.95 Å². The maximum atomic E-state index is 10.1. The second-order valence-electron chi connectivity index (χ2n) is 4.08. The summed E-state index contributed by atoms with van der Waals surface area (Å²) < 4.78 is 0. The lowest BCUT2D eigenvalue weighted by Gasteiger charge is -2.14. The molecule has 2 N–H and O–H groups in total. The van der Waals surface area contributed by atoms with Gasteiger partial charge in [-0.2, -0.15) is 0 Å². The van der Waals surface area contributed by atoms with E-state index in [1.807, 2.05) is 6.92 Å². The highest BCUT2D eigenvalue weighted by Crippen LogP contribution is 2.26. The molecule has 1 atom stereocenters. The van der Waals surface area contributed by atoms with Crippen LogP contribution in [0.4, 0.5) is 5.95 Å². The summed E-state index contributed by atoms with van der Waals surface area (Å²) in [6, 6.07) is 6.80. The maximum Gasteiger partial charge on any atom is 0.222 e. The molecule has 0 spiro atoms. The number of nitrogens with one attached hydrogen (secondary N) is 1. The maximum absolute atomic E-state index is 10.1. The van der Waals surface area contributed by atoms with Crippen LogP contribution in [0.15, 0.2) is 30.5 Å². The second kappa shape index (κ2) is 6.19. The Morgan fingerprint density at radius 2 is 2.11 bits per heavy atom. The third-order valence-electron chi connectivity index (χ3n) is 2.57. The Balaban J connectivity index is 2.03. The van der Waals surface area contributed by atoms with E-state index in [-0.39, 0.29) is 6.54 Å². The summed E-state index contributed by atoms with van der Waals surface area (Å²) in [4.78, 5) is 8.24. The molecule has 100 valence electrons. The van der Waals surface area contributed by atoms with Gasteiger partial charge in [0.25, 0.3) is 0 Å². The molecular weight excluding hydrogens is 285 g/mol. The molecule has 0 saturated heterocycles. The summed E-state index contributed by atoms with van der Waals surface area (Å²) in [7, 11) is 0. The molecular formula is C13H13Cl2N3O. The van der Waals surface area contributed by atoms with E-state index in [2.05, 4.69) is 15.3 Å². The average Bonchev–Trinajstić information content (AvgIpc) is 2.36. The Morgan fingerprint density at radius 3 is 2.79 bits per heavy atom. The zero-order valence-electron chi connectivity index (χ0n) is 10.3. The fourth-order valence-corrected chi connectivity index (χ4v) is 2.14. The molecule has 0 aliphatic carbocycles. The van der Waals surface area contributed by atoms with Crippen LogP contribution < -0.4 is 5.32 Å². The first-order chi connectivity index (χ1) is 9.06. The van der Waals surface area contributed by atoms with Gasteiger partial charge in [0, 0.05) is 34.0 Å². The van der Waals surface area contributed by atoms with Gasteiger partial charge in [0.15, 0.2) is 0 Å². The molecule has 2 aromatic rings. The standard InChI is InChI=1S/C13H13Cl2N3O/c1-8-4-5-16-13(18-8)17-7-12(19)10-3-2-9(14)6-11(10)15/h2-6,12,19H,7H2,1H3,(H,16,17,18). The van der Waals surface area contributed by atoms with Crippen molar-refractivity contribution in [1.29, 1.82) is 0 Å². The summed E-state index contributed by atoms with van der Waals surface area (Å²) in [6.07, 6.45) is 0.903. The molecule has 6 heteroatoms. The zero-order chi connectivity index (χ0) is 13.8. The summed E-state index contributed by atoms with van der Waals surface area (Å²) in [5.41, 5.74) is 1.47. The van der Waals surface area contributed by atoms with E-state index in [1.54, 1.807) is 30.5 Å². The number of benzene rings is 1. The number of anilines is 1. The smallest absolute Gasteiger partial charge is 0.222 e. The quantitative estimate of drug-likeness (QED) is 0.910. The van der Waals surface area contributed by atoms with Crippen LogP contribution in [-0.2, 0) is 0 Å². The molecule has 0 bridgehead atoms. The Morgan fingerprint density at radius 1 is 1.32 bits per heavy atom. The SMILES string of the molecule is Cc1ccnc(NCC(O)c2ccc(Cl)cc2Cl)n1. The Labute approximate surface area is 121 Å². The van der Waals surface area contributed by atoms with E-state index < -0.39 is 6.10 Å². The molecule has 4 nitrogen and oxygen atoms in total. The van der Waals surface area contributed by atoms with Gasteiger partial charge < -0.3 is 10.4 Å². The first-order valence-electron chi connectivity index (χ1n) is 5.73. The fourth-order valence-electron chi connectivity index (χ4n) is 1.60. The van der Waals surface area contributed by atoms with Crippen molar-refractivity contribution < 1.29 is 5.11 Å². The summed E-state index contributed by atoms with van der Waals surface area (Å²) in [5.74, 6) is 0.476. The van der Waals surface area contributed by atoms with Crippen molar-refractivity contribution in [3.05, 3.63) is 51.8 Å². The van der Waals surface area contributed by atoms with Crippen molar-refractivity contribution in [2.45, 2.75) is 13.0 Å². The van der Waals surface area contributed by atoms with E-state index in [0.717, 1.165) is 5.69 Å². The molecule has 0 amide bonds. The lowest BCUT2D eigenvalue weighted by molar-refractivity contribution is 0.191. The van der Waals surface area contributed by atoms with Crippen LogP contribution in [0.2, 0.25) is 10.0 Å². The van der Waals surface area contributed by atoms with Gasteiger partial charge in [-0.1, -0.05) is 29.3 Å². The summed E-state index contributed by atoms with van der Waals surface area (Å²) in [5, 5.41) is 14.0. The van der Waals surface area contributed by atoms with E-state index >= 15 is 0 Å². The molecule has 0 radical (unpaired) electrons. The predicted octanol–water partition coefficient (Wildman–Crippen LogP) is 3.24. The largest absolute Gasteiger partial charge is 0.387 e. The van der Waals surface area contributed by atoms with Crippen LogP contribution in [0, 0.1) is 6.92 Å². The molecule has 0 saturated carbocycles. The summed E-state index contributed by atoms with van der Waals surface area (Å²) in [6.45, 7) is 2.14. The lowest BCUT2D eigenvalue weighted by atomic mass is 10.1. The van der Waals surface area contributed by atoms with E-state index in [0.29, 0.717) is 21.6 Å². The number of aromatic nitrogens is 2. The van der Waals surface area contributed by atoms with E-state index in [1.165, 1.54) is 0 Å². The molecule has 0 aliphatic heterocycles. The van der Waals surface area contributed by atoms with Crippen molar-refractivity contribution in [2.75, 3.05) is 11.9 Å². The normalized spacial score (nSPS) is 12.2. The highest BCUT2D eigenvalue weighted by molar-refractivity contribution is 6.35. The van der Waals surface area contributed by atoms with Crippen LogP contribution in [0.25, 0.3) is 0 Å². The number of aryl methyl sites for hydroxylation is 1. The van der Waals surface area contributed by atoms with Gasteiger partial charge in [-0.25, -0.2) is 9.97 Å². The van der Waals surface area contributed by atoms with Gasteiger partial charge >= 0.3 is 0 Å². The minimum absolute atomic E-state index is 0.269. The molecule has 1 heterocycles. The second-order valence-corrected chi connectivity index (χ2v) is 4.93. The highest BCUT2D eigenvalue weighted by atomic mass is 35.5. The van der Waals surface area contributed by atoms with Crippen LogP contribution in [0.3, 0.4) is 0 Å². The number of nitrogens with zero attached hydrogens (tertiary/aromatic N) is 2. The molecule has 1 unspecified atom stereocenters. The van der Waals surface area contributed by atoms with Gasteiger partial charge in [-0.05, 0) is 25.1 Å². The van der Waals surface area contributed by atoms with E-state index in [4.69, 9.17) is 23.2 Å². The molecule has 0 fully saturated rings. The monoisotopic (exact) mass is 297 g/mol. The number of hydrogen-bond acceptors (Lipinski definition) is 4. The summed E-state index contributed by atoms with van der Waals surface area (Å²) >= 11 is 11.8. The van der Waals surface area contributed by atoms with Crippen molar-refractivity contribution in [3.63, 3.8) is 0 Å². The lowest BCUT2D eigenvalue weighted by Crippen LogP contribution is -2.14. The molecule has 1 aromatic carbocycles. The Kier molecular flexibility index (Phi) is 4.58. The Bertz CT molecular complexity index is 578. The van der Waals surface area contributed by atoms with Gasteiger partial charge in [0.05, 0.1) is 6.10 Å². The van der Waals surface area contributed by atoms with Crippen LogP contribution in [0.5, 0.6) is 0 Å². The topological polar surface area (TPSA) is 58.0 Å². The molecule has 0 aliphatic rings. The van der Waals surface area contributed by atoms with Crippen LogP contribution in [0.1, 0.15) is 17.4 Å². The predicted molar refractivity (Wildman–Crippen MR) is 76.7 cm³/mol. The average molecular weight is 298 g/mol. The third-order valence-corrected chi connectivity index (χ3v) is 3.13. The number of rotatable bonds is 4. The third kappa shape index (κ3) is 3.80. The minimum atomic E-state index is -0.756. The van der Waals surface area contributed by atoms with Crippen molar-refractivity contribution in [1.82, 2.24) is 9.97 Å². The Hall–Kier alpha value is -1.36. The first kappa shape index (κ1) is 14.1. The molecule has 19 heavy (non-hydrogen) atoms.